The van der Waals surface area contributed by atoms with E-state index in [4.69, 9.17) is 0 Å². The molecule has 0 aromatic rings. The lowest BCUT2D eigenvalue weighted by Crippen LogP contribution is -2.07. The standard InChI is InChI=1S/C4H2F6.C4H10/c5-3(6,7)1-2-4(8,9)10;1-4(2)3/h1-2H;4H,1-3H3/b2-1+;. The van der Waals surface area contributed by atoms with Crippen molar-refractivity contribution >= 4 is 0 Å². The van der Waals surface area contributed by atoms with E-state index in [-0.39, 0.29) is 0 Å². The third-order valence-electron chi connectivity index (χ3n) is 0.461. The fourth-order valence-corrected chi connectivity index (χ4v) is 0.189. The molecule has 14 heavy (non-hydrogen) atoms. The molecule has 0 unspecified atom stereocenters. The molecular formula is C8H12F6. The van der Waals surface area contributed by atoms with Crippen molar-refractivity contribution in [1.82, 2.24) is 0 Å². The highest BCUT2D eigenvalue weighted by Gasteiger charge is 2.29. The molecule has 0 rings (SSSR count). The van der Waals surface area contributed by atoms with Gasteiger partial charge in [0.15, 0.2) is 0 Å². The van der Waals surface area contributed by atoms with Gasteiger partial charge in [-0.15, -0.1) is 0 Å². The number of halogens is 6. The van der Waals surface area contributed by atoms with Crippen LogP contribution in [0, 0.1) is 5.92 Å². The second-order valence-electron chi connectivity index (χ2n) is 3.15. The smallest absolute Gasteiger partial charge is 0.167 e. The largest absolute Gasteiger partial charge is 0.409 e. The maximum Gasteiger partial charge on any atom is 0.409 e. The summed E-state index contributed by atoms with van der Waals surface area (Å²) in [6, 6.07) is 0. The Bertz CT molecular complexity index is 143. The normalized spacial score (nSPS) is 13.0. The fraction of sp³-hybridized carbons (Fsp3) is 0.750. The van der Waals surface area contributed by atoms with Crippen LogP contribution in [0.5, 0.6) is 0 Å². The Hall–Kier alpha value is -0.680. The average Bonchev–Trinajstić information content (AvgIpc) is 1.79. The highest BCUT2D eigenvalue weighted by molar-refractivity contribution is 4.93. The lowest BCUT2D eigenvalue weighted by molar-refractivity contribution is -0.0981. The zero-order valence-corrected chi connectivity index (χ0v) is 8.00. The molecule has 0 aliphatic carbocycles. The van der Waals surface area contributed by atoms with Crippen molar-refractivity contribution in [3.8, 4) is 0 Å². The van der Waals surface area contributed by atoms with E-state index in [0.29, 0.717) is 0 Å². The Kier molecular flexibility index (Phi) is 6.68. The molecule has 0 spiro atoms. The average molecular weight is 222 g/mol. The number of rotatable bonds is 0. The van der Waals surface area contributed by atoms with Crippen molar-refractivity contribution in [2.45, 2.75) is 33.1 Å². The molecule has 0 aromatic carbocycles. The zero-order valence-electron chi connectivity index (χ0n) is 8.00. The van der Waals surface area contributed by atoms with E-state index in [1.165, 1.54) is 0 Å². The Morgan fingerprint density at radius 1 is 0.714 bits per heavy atom. The van der Waals surface area contributed by atoms with Crippen LogP contribution in [0.4, 0.5) is 26.3 Å². The summed E-state index contributed by atoms with van der Waals surface area (Å²) in [5.41, 5.74) is 0. The van der Waals surface area contributed by atoms with Gasteiger partial charge in [0.05, 0.1) is 0 Å². The molecule has 0 saturated heterocycles. The van der Waals surface area contributed by atoms with Gasteiger partial charge in [-0.1, -0.05) is 20.8 Å². The van der Waals surface area contributed by atoms with Crippen molar-refractivity contribution in [2.75, 3.05) is 0 Å². The third kappa shape index (κ3) is 30.2. The summed E-state index contributed by atoms with van der Waals surface area (Å²) in [7, 11) is 0. The van der Waals surface area contributed by atoms with Gasteiger partial charge >= 0.3 is 12.4 Å². The second kappa shape index (κ2) is 5.93. The molecule has 0 saturated carbocycles. The first-order valence-corrected chi connectivity index (χ1v) is 3.78. The van der Waals surface area contributed by atoms with Gasteiger partial charge in [-0.3, -0.25) is 0 Å². The van der Waals surface area contributed by atoms with E-state index in [1.807, 2.05) is 0 Å². The molecule has 0 heterocycles. The molecule has 0 aromatic heterocycles. The van der Waals surface area contributed by atoms with Crippen LogP contribution in [0.2, 0.25) is 0 Å². The van der Waals surface area contributed by atoms with E-state index >= 15 is 0 Å². The van der Waals surface area contributed by atoms with Crippen molar-refractivity contribution in [3.05, 3.63) is 12.2 Å². The maximum absolute atomic E-state index is 11.0. The van der Waals surface area contributed by atoms with Crippen LogP contribution in [0.25, 0.3) is 0 Å². The molecule has 0 N–H and O–H groups in total. The first-order chi connectivity index (χ1) is 5.94. The Morgan fingerprint density at radius 2 is 0.857 bits per heavy atom. The van der Waals surface area contributed by atoms with Gasteiger partial charge < -0.3 is 0 Å². The monoisotopic (exact) mass is 222 g/mol. The van der Waals surface area contributed by atoms with Gasteiger partial charge in [-0.05, 0) is 5.92 Å². The summed E-state index contributed by atoms with van der Waals surface area (Å²) in [5, 5.41) is 0. The van der Waals surface area contributed by atoms with Crippen LogP contribution in [0.1, 0.15) is 20.8 Å². The molecule has 0 nitrogen and oxygen atoms in total. The Morgan fingerprint density at radius 3 is 0.929 bits per heavy atom. The van der Waals surface area contributed by atoms with Crippen LogP contribution in [-0.4, -0.2) is 12.4 Å². The SMILES string of the molecule is CC(C)C.FC(F)(F)/C=C/C(F)(F)F. The minimum absolute atomic E-state index is 0.833. The minimum Gasteiger partial charge on any atom is -0.167 e. The number of hydrogen-bond donors (Lipinski definition) is 0. The quantitative estimate of drug-likeness (QED) is 0.422. The number of hydrogen-bond acceptors (Lipinski definition) is 0. The minimum atomic E-state index is -4.89. The van der Waals surface area contributed by atoms with Crippen LogP contribution in [-0.2, 0) is 0 Å². The highest BCUT2D eigenvalue weighted by Crippen LogP contribution is 2.22. The van der Waals surface area contributed by atoms with Crippen LogP contribution < -0.4 is 0 Å². The number of allylic oxidation sites excluding steroid dienone is 2. The van der Waals surface area contributed by atoms with Crippen molar-refractivity contribution in [3.63, 3.8) is 0 Å². The molecule has 0 fully saturated rings. The van der Waals surface area contributed by atoms with E-state index < -0.39 is 24.5 Å². The maximum atomic E-state index is 11.0. The Balaban J connectivity index is 0. The van der Waals surface area contributed by atoms with Gasteiger partial charge in [0.1, 0.15) is 0 Å². The van der Waals surface area contributed by atoms with Crippen LogP contribution >= 0.6 is 0 Å². The summed E-state index contributed by atoms with van der Waals surface area (Å²) in [5.74, 6) is 0.833. The summed E-state index contributed by atoms with van der Waals surface area (Å²) in [6.07, 6.45) is -11.5. The first kappa shape index (κ1) is 15.8. The lowest BCUT2D eigenvalue weighted by atomic mass is 10.3. The summed E-state index contributed by atoms with van der Waals surface area (Å²) >= 11 is 0. The summed E-state index contributed by atoms with van der Waals surface area (Å²) in [4.78, 5) is 0. The molecule has 0 aliphatic heterocycles. The van der Waals surface area contributed by atoms with Crippen LogP contribution in [0.15, 0.2) is 12.2 Å². The van der Waals surface area contributed by atoms with Gasteiger partial charge in [0.2, 0.25) is 0 Å². The number of alkyl halides is 6. The molecule has 86 valence electrons. The van der Waals surface area contributed by atoms with E-state index in [0.717, 1.165) is 5.92 Å². The van der Waals surface area contributed by atoms with Crippen molar-refractivity contribution in [2.24, 2.45) is 5.92 Å². The molecule has 0 aliphatic rings. The van der Waals surface area contributed by atoms with Crippen LogP contribution in [0.3, 0.4) is 0 Å². The van der Waals surface area contributed by atoms with Gasteiger partial charge in [-0.2, -0.15) is 26.3 Å². The van der Waals surface area contributed by atoms with E-state index in [9.17, 15) is 26.3 Å². The lowest BCUT2D eigenvalue weighted by Gasteiger charge is -1.99. The van der Waals surface area contributed by atoms with E-state index in [2.05, 4.69) is 20.8 Å². The van der Waals surface area contributed by atoms with Gasteiger partial charge in [0, 0.05) is 12.2 Å². The Labute approximate surface area is 78.6 Å². The fourth-order valence-electron chi connectivity index (χ4n) is 0.189. The summed E-state index contributed by atoms with van der Waals surface area (Å²) < 4.78 is 66.0. The highest BCUT2D eigenvalue weighted by atomic mass is 19.4. The molecule has 6 heteroatoms. The molecule has 0 amide bonds. The van der Waals surface area contributed by atoms with E-state index in [1.54, 1.807) is 0 Å². The zero-order chi connectivity index (χ0) is 12.0. The molecule has 0 radical (unpaired) electrons. The van der Waals surface area contributed by atoms with Gasteiger partial charge in [0.25, 0.3) is 0 Å². The molecule has 0 atom stereocenters. The third-order valence-corrected chi connectivity index (χ3v) is 0.461. The van der Waals surface area contributed by atoms with Crippen molar-refractivity contribution < 1.29 is 26.3 Å². The summed E-state index contributed by atoms with van der Waals surface area (Å²) in [6.45, 7) is 6.50. The molecular weight excluding hydrogens is 210 g/mol. The topological polar surface area (TPSA) is 0 Å². The second-order valence-corrected chi connectivity index (χ2v) is 3.15. The predicted octanol–water partition coefficient (Wildman–Crippen LogP) is 4.33. The molecule has 0 bridgehead atoms. The first-order valence-electron chi connectivity index (χ1n) is 3.78. The van der Waals surface area contributed by atoms with Crippen molar-refractivity contribution in [1.29, 1.82) is 0 Å². The van der Waals surface area contributed by atoms with Gasteiger partial charge in [-0.25, -0.2) is 0 Å². The predicted molar refractivity (Wildman–Crippen MR) is 41.8 cm³/mol.